The van der Waals surface area contributed by atoms with Crippen LogP contribution in [0, 0.1) is 5.92 Å². The highest BCUT2D eigenvalue weighted by Crippen LogP contribution is 2.52. The minimum atomic E-state index is -1.75. The number of para-hydroxylation sites is 2. The Morgan fingerprint density at radius 3 is 2.32 bits per heavy atom. The number of anilines is 2. The highest BCUT2D eigenvalue weighted by atomic mass is 16.5. The van der Waals surface area contributed by atoms with Gasteiger partial charge >= 0.3 is 11.9 Å². The van der Waals surface area contributed by atoms with E-state index in [1.165, 1.54) is 0 Å². The molecule has 1 aliphatic heterocycles. The molecule has 0 bridgehead atoms. The van der Waals surface area contributed by atoms with Gasteiger partial charge < -0.3 is 20.5 Å². The predicted molar refractivity (Wildman–Crippen MR) is 140 cm³/mol. The summed E-state index contributed by atoms with van der Waals surface area (Å²) in [6.07, 6.45) is 2.17. The molecule has 37 heavy (non-hydrogen) atoms. The molecule has 0 aromatic heterocycles. The maximum atomic E-state index is 13.3. The fraction of sp³-hybridized carbons (Fsp3) is 0.300. The van der Waals surface area contributed by atoms with Gasteiger partial charge in [-0.25, -0.2) is 9.59 Å². The van der Waals surface area contributed by atoms with E-state index in [-0.39, 0.29) is 18.6 Å². The van der Waals surface area contributed by atoms with Gasteiger partial charge in [0.05, 0.1) is 6.42 Å². The van der Waals surface area contributed by atoms with E-state index in [2.05, 4.69) is 10.6 Å². The molecule has 7 heteroatoms. The third-order valence-corrected chi connectivity index (χ3v) is 7.57. The molecular formula is C30H30N2O5. The Bertz CT molecular complexity index is 1280. The van der Waals surface area contributed by atoms with Gasteiger partial charge in [-0.05, 0) is 48.1 Å². The van der Waals surface area contributed by atoms with Crippen molar-refractivity contribution < 1.29 is 24.2 Å². The zero-order valence-electron chi connectivity index (χ0n) is 20.4. The lowest BCUT2D eigenvalue weighted by atomic mass is 9.65. The van der Waals surface area contributed by atoms with Gasteiger partial charge in [0, 0.05) is 23.3 Å². The number of rotatable bonds is 9. The quantitative estimate of drug-likeness (QED) is 0.282. The van der Waals surface area contributed by atoms with Crippen LogP contribution in [0.4, 0.5) is 11.4 Å². The van der Waals surface area contributed by atoms with Gasteiger partial charge in [-0.1, -0.05) is 73.2 Å². The molecule has 3 N–H and O–H groups in total. The smallest absolute Gasteiger partial charge is 0.375 e. The second kappa shape index (κ2) is 10.5. The molecule has 1 fully saturated rings. The number of benzene rings is 3. The zero-order valence-corrected chi connectivity index (χ0v) is 20.4. The second-order valence-corrected chi connectivity index (χ2v) is 9.84. The number of ether oxygens (including phenoxy) is 1. The monoisotopic (exact) mass is 498 g/mol. The van der Waals surface area contributed by atoms with Crippen molar-refractivity contribution in [2.24, 2.45) is 5.92 Å². The SMILES string of the molecule is O=C(CC(Nc1ccccc1)(C(=O)O)C1c2ccccc2NC2CCCC21)C(=O)OCc1ccccc1. The Balaban J connectivity index is 1.52. The minimum absolute atomic E-state index is 0.0182. The Labute approximate surface area is 215 Å². The first kappa shape index (κ1) is 24.6. The number of carboxylic acids is 1. The summed E-state index contributed by atoms with van der Waals surface area (Å²) in [5.74, 6) is -3.63. The molecule has 1 saturated carbocycles. The topological polar surface area (TPSA) is 105 Å². The number of aliphatic carboxylic acids is 1. The van der Waals surface area contributed by atoms with E-state index in [0.717, 1.165) is 36.1 Å². The summed E-state index contributed by atoms with van der Waals surface area (Å²) >= 11 is 0. The normalized spacial score (nSPS) is 21.5. The van der Waals surface area contributed by atoms with Crippen molar-refractivity contribution >= 4 is 29.1 Å². The lowest BCUT2D eigenvalue weighted by molar-refractivity contribution is -0.157. The molecule has 190 valence electrons. The van der Waals surface area contributed by atoms with E-state index in [1.54, 1.807) is 36.4 Å². The largest absolute Gasteiger partial charge is 0.479 e. The Morgan fingerprint density at radius 2 is 1.59 bits per heavy atom. The standard InChI is InChI=1S/C30H30N2O5/c33-26(28(34)37-19-20-10-3-1-4-11-20)18-30(29(35)36,32-21-12-5-2-6-13-21)27-22-14-7-8-16-24(22)31-25-17-9-15-23(25)27/h1-8,10-14,16,23,25,27,31-32H,9,15,17-19H2,(H,35,36). The first-order valence-electron chi connectivity index (χ1n) is 12.6. The third kappa shape index (κ3) is 4.94. The number of Topliss-reactive ketones (excluding diaryl/α,β-unsaturated/α-hetero) is 1. The van der Waals surface area contributed by atoms with Gasteiger partial charge in [0.15, 0.2) is 5.54 Å². The van der Waals surface area contributed by atoms with Crippen molar-refractivity contribution in [2.75, 3.05) is 10.6 Å². The fourth-order valence-electron chi connectivity index (χ4n) is 5.93. The minimum Gasteiger partial charge on any atom is -0.479 e. The highest BCUT2D eigenvalue weighted by molar-refractivity contribution is 6.34. The van der Waals surface area contributed by atoms with Crippen molar-refractivity contribution in [1.82, 2.24) is 0 Å². The zero-order chi connectivity index (χ0) is 25.8. The van der Waals surface area contributed by atoms with Crippen LogP contribution in [0.1, 0.15) is 42.7 Å². The molecule has 0 saturated heterocycles. The maximum absolute atomic E-state index is 13.3. The Kier molecular flexibility index (Phi) is 6.95. The molecule has 2 aliphatic rings. The van der Waals surface area contributed by atoms with Crippen LogP contribution >= 0.6 is 0 Å². The molecule has 1 heterocycles. The number of ketones is 1. The average molecular weight is 499 g/mol. The van der Waals surface area contributed by atoms with Gasteiger partial charge in [0.25, 0.3) is 0 Å². The predicted octanol–water partition coefficient (Wildman–Crippen LogP) is 5.00. The molecule has 7 nitrogen and oxygen atoms in total. The summed E-state index contributed by atoms with van der Waals surface area (Å²) in [6.45, 7) is -0.0571. The summed E-state index contributed by atoms with van der Waals surface area (Å²) in [4.78, 5) is 39.4. The van der Waals surface area contributed by atoms with E-state index in [1.807, 2.05) is 48.5 Å². The Morgan fingerprint density at radius 1 is 0.919 bits per heavy atom. The number of carbonyl (C=O) groups excluding carboxylic acids is 2. The molecule has 0 amide bonds. The lowest BCUT2D eigenvalue weighted by Gasteiger charge is -2.46. The lowest BCUT2D eigenvalue weighted by Crippen LogP contribution is -2.58. The molecule has 0 radical (unpaired) electrons. The first-order valence-corrected chi connectivity index (χ1v) is 12.6. The number of carboxylic acid groups (broad SMARTS) is 1. The fourth-order valence-corrected chi connectivity index (χ4v) is 5.93. The van der Waals surface area contributed by atoms with Crippen molar-refractivity contribution in [3.63, 3.8) is 0 Å². The van der Waals surface area contributed by atoms with Crippen LogP contribution in [-0.4, -0.2) is 34.4 Å². The first-order chi connectivity index (χ1) is 18.0. The molecule has 0 spiro atoms. The van der Waals surface area contributed by atoms with Crippen LogP contribution in [0.3, 0.4) is 0 Å². The van der Waals surface area contributed by atoms with Crippen molar-refractivity contribution in [2.45, 2.75) is 49.8 Å². The second-order valence-electron chi connectivity index (χ2n) is 9.84. The summed E-state index contributed by atoms with van der Waals surface area (Å²) in [5, 5.41) is 17.6. The van der Waals surface area contributed by atoms with Crippen LogP contribution in [0.15, 0.2) is 84.9 Å². The Hall–Kier alpha value is -4.13. The number of hydrogen-bond donors (Lipinski definition) is 3. The molecule has 4 unspecified atom stereocenters. The summed E-state index contributed by atoms with van der Waals surface area (Å²) in [7, 11) is 0. The van der Waals surface area contributed by atoms with Gasteiger partial charge in [0.1, 0.15) is 6.61 Å². The molecule has 3 aromatic carbocycles. The number of esters is 1. The molecule has 3 aromatic rings. The average Bonchev–Trinajstić information content (AvgIpc) is 3.39. The highest BCUT2D eigenvalue weighted by Gasteiger charge is 2.56. The van der Waals surface area contributed by atoms with Crippen LogP contribution in [0.25, 0.3) is 0 Å². The van der Waals surface area contributed by atoms with Gasteiger partial charge in [-0.3, -0.25) is 4.79 Å². The van der Waals surface area contributed by atoms with E-state index in [0.29, 0.717) is 5.69 Å². The maximum Gasteiger partial charge on any atom is 0.375 e. The van der Waals surface area contributed by atoms with Crippen LogP contribution < -0.4 is 10.6 Å². The van der Waals surface area contributed by atoms with E-state index < -0.39 is 35.6 Å². The third-order valence-electron chi connectivity index (χ3n) is 7.57. The van der Waals surface area contributed by atoms with Crippen molar-refractivity contribution in [1.29, 1.82) is 0 Å². The van der Waals surface area contributed by atoms with E-state index in [9.17, 15) is 19.5 Å². The van der Waals surface area contributed by atoms with Crippen LogP contribution in [0.2, 0.25) is 0 Å². The van der Waals surface area contributed by atoms with Gasteiger partial charge in [-0.15, -0.1) is 0 Å². The van der Waals surface area contributed by atoms with E-state index in [4.69, 9.17) is 4.74 Å². The number of carbonyl (C=O) groups is 3. The van der Waals surface area contributed by atoms with Gasteiger partial charge in [0.2, 0.25) is 5.78 Å². The van der Waals surface area contributed by atoms with Crippen LogP contribution in [0.5, 0.6) is 0 Å². The summed E-state index contributed by atoms with van der Waals surface area (Å²) < 4.78 is 5.29. The number of fused-ring (bicyclic) bond motifs is 2. The summed E-state index contributed by atoms with van der Waals surface area (Å²) in [5.41, 5.74) is 1.27. The molecular weight excluding hydrogens is 468 g/mol. The summed E-state index contributed by atoms with van der Waals surface area (Å²) in [6, 6.07) is 25.8. The van der Waals surface area contributed by atoms with Crippen LogP contribution in [-0.2, 0) is 25.7 Å². The molecule has 5 rings (SSSR count). The molecule has 1 aliphatic carbocycles. The number of nitrogens with one attached hydrogen (secondary N) is 2. The number of hydrogen-bond acceptors (Lipinski definition) is 6. The van der Waals surface area contributed by atoms with E-state index >= 15 is 0 Å². The molecule has 4 atom stereocenters. The van der Waals surface area contributed by atoms with Crippen molar-refractivity contribution in [3.8, 4) is 0 Å². The van der Waals surface area contributed by atoms with Crippen molar-refractivity contribution in [3.05, 3.63) is 96.1 Å². The van der Waals surface area contributed by atoms with Gasteiger partial charge in [-0.2, -0.15) is 0 Å².